The molecule has 2 aliphatic rings. The summed E-state index contributed by atoms with van der Waals surface area (Å²) in [4.78, 5) is 10.8. The molecule has 1 aliphatic carbocycles. The number of epoxide rings is 1. The van der Waals surface area contributed by atoms with Crippen LogP contribution in [0.1, 0.15) is 19.3 Å². The molecule has 1 saturated heterocycles. The van der Waals surface area contributed by atoms with E-state index in [0.717, 1.165) is 19.3 Å². The van der Waals surface area contributed by atoms with Gasteiger partial charge in [0.25, 0.3) is 0 Å². The van der Waals surface area contributed by atoms with Crippen LogP contribution >= 0.6 is 0 Å². The van der Waals surface area contributed by atoms with Crippen molar-refractivity contribution in [1.82, 2.24) is 0 Å². The second kappa shape index (κ2) is 3.50. The fraction of sp³-hybridized carbons (Fsp3) is 0.700. The zero-order valence-corrected chi connectivity index (χ0v) is 7.57. The van der Waals surface area contributed by atoms with Gasteiger partial charge in [-0.1, -0.05) is 6.58 Å². The normalized spacial score (nSPS) is 36.2. The van der Waals surface area contributed by atoms with Gasteiger partial charge in [-0.2, -0.15) is 0 Å². The third-order valence-corrected chi connectivity index (χ3v) is 2.74. The molecule has 72 valence electrons. The lowest BCUT2D eigenvalue weighted by atomic mass is 9.90. The zero-order chi connectivity index (χ0) is 9.26. The van der Waals surface area contributed by atoms with E-state index >= 15 is 0 Å². The van der Waals surface area contributed by atoms with Crippen molar-refractivity contribution in [3.05, 3.63) is 12.7 Å². The SMILES string of the molecule is C=CC(=O)OCC1CC[C@@H]2OC2C1. The Kier molecular flexibility index (Phi) is 2.36. The Hall–Kier alpha value is -0.830. The Labute approximate surface area is 77.7 Å². The molecule has 13 heavy (non-hydrogen) atoms. The van der Waals surface area contributed by atoms with Crippen molar-refractivity contribution in [3.8, 4) is 0 Å². The first-order chi connectivity index (χ1) is 6.29. The third kappa shape index (κ3) is 2.10. The largest absolute Gasteiger partial charge is 0.462 e. The van der Waals surface area contributed by atoms with Gasteiger partial charge in [0.2, 0.25) is 0 Å². The molecule has 3 atom stereocenters. The molecule has 2 rings (SSSR count). The van der Waals surface area contributed by atoms with Crippen LogP contribution in [0.4, 0.5) is 0 Å². The summed E-state index contributed by atoms with van der Waals surface area (Å²) in [6, 6.07) is 0. The van der Waals surface area contributed by atoms with Gasteiger partial charge in [-0.15, -0.1) is 0 Å². The Morgan fingerprint density at radius 3 is 3.08 bits per heavy atom. The molecule has 0 amide bonds. The lowest BCUT2D eigenvalue weighted by Crippen LogP contribution is -2.19. The summed E-state index contributed by atoms with van der Waals surface area (Å²) in [6.45, 7) is 3.87. The van der Waals surface area contributed by atoms with Crippen molar-refractivity contribution in [2.45, 2.75) is 31.5 Å². The molecule has 1 heterocycles. The van der Waals surface area contributed by atoms with Crippen LogP contribution in [-0.4, -0.2) is 24.8 Å². The van der Waals surface area contributed by atoms with Crippen LogP contribution in [0.15, 0.2) is 12.7 Å². The van der Waals surface area contributed by atoms with Crippen LogP contribution in [0.25, 0.3) is 0 Å². The molecular formula is C10H14O3. The van der Waals surface area contributed by atoms with Gasteiger partial charge in [0.1, 0.15) is 0 Å². The monoisotopic (exact) mass is 182 g/mol. The molecule has 0 spiro atoms. The van der Waals surface area contributed by atoms with E-state index in [-0.39, 0.29) is 5.97 Å². The highest BCUT2D eigenvalue weighted by Gasteiger charge is 2.43. The highest BCUT2D eigenvalue weighted by Crippen LogP contribution is 2.39. The zero-order valence-electron chi connectivity index (χ0n) is 7.57. The van der Waals surface area contributed by atoms with Crippen molar-refractivity contribution in [2.24, 2.45) is 5.92 Å². The third-order valence-electron chi connectivity index (χ3n) is 2.74. The van der Waals surface area contributed by atoms with Crippen molar-refractivity contribution < 1.29 is 14.3 Å². The smallest absolute Gasteiger partial charge is 0.330 e. The summed E-state index contributed by atoms with van der Waals surface area (Å²) < 4.78 is 10.4. The lowest BCUT2D eigenvalue weighted by molar-refractivity contribution is -0.139. The molecule has 0 radical (unpaired) electrons. The molecule has 3 heteroatoms. The molecule has 1 aliphatic heterocycles. The van der Waals surface area contributed by atoms with E-state index in [0.29, 0.717) is 24.7 Å². The second-order valence-electron chi connectivity index (χ2n) is 3.73. The van der Waals surface area contributed by atoms with E-state index < -0.39 is 0 Å². The standard InChI is InChI=1S/C10H14O3/c1-2-10(11)12-6-7-3-4-8-9(5-7)13-8/h2,7-9H,1,3-6H2/t7?,8-,9?/m0/s1. The summed E-state index contributed by atoms with van der Waals surface area (Å²) in [6.07, 6.45) is 5.48. The molecule has 0 N–H and O–H groups in total. The van der Waals surface area contributed by atoms with Crippen molar-refractivity contribution in [3.63, 3.8) is 0 Å². The summed E-state index contributed by atoms with van der Waals surface area (Å²) >= 11 is 0. The molecule has 0 aromatic rings. The summed E-state index contributed by atoms with van der Waals surface area (Å²) in [5.41, 5.74) is 0. The van der Waals surface area contributed by atoms with Crippen LogP contribution in [-0.2, 0) is 14.3 Å². The van der Waals surface area contributed by atoms with Gasteiger partial charge in [-0.25, -0.2) is 4.79 Å². The number of rotatable bonds is 3. The first-order valence-corrected chi connectivity index (χ1v) is 4.74. The minimum absolute atomic E-state index is 0.321. The van der Waals surface area contributed by atoms with E-state index in [9.17, 15) is 4.79 Å². The molecule has 1 saturated carbocycles. The maximum absolute atomic E-state index is 10.8. The fourth-order valence-corrected chi connectivity index (χ4v) is 1.90. The van der Waals surface area contributed by atoms with Crippen molar-refractivity contribution in [1.29, 1.82) is 0 Å². The summed E-state index contributed by atoms with van der Waals surface area (Å²) in [7, 11) is 0. The molecule has 0 bridgehead atoms. The van der Waals surface area contributed by atoms with Crippen LogP contribution in [0.3, 0.4) is 0 Å². The average molecular weight is 182 g/mol. The Morgan fingerprint density at radius 1 is 1.54 bits per heavy atom. The fourth-order valence-electron chi connectivity index (χ4n) is 1.90. The molecular weight excluding hydrogens is 168 g/mol. The topological polar surface area (TPSA) is 38.8 Å². The Balaban J connectivity index is 1.69. The predicted molar refractivity (Wildman–Crippen MR) is 47.2 cm³/mol. The average Bonchev–Trinajstić information content (AvgIpc) is 2.91. The van der Waals surface area contributed by atoms with Crippen LogP contribution in [0.5, 0.6) is 0 Å². The quantitative estimate of drug-likeness (QED) is 0.375. The van der Waals surface area contributed by atoms with Crippen molar-refractivity contribution in [2.75, 3.05) is 6.61 Å². The predicted octanol–water partition coefficient (Wildman–Crippen LogP) is 1.28. The van der Waals surface area contributed by atoms with Gasteiger partial charge in [-0.3, -0.25) is 0 Å². The number of hydrogen-bond acceptors (Lipinski definition) is 3. The maximum Gasteiger partial charge on any atom is 0.330 e. The Bertz CT molecular complexity index is 224. The van der Waals surface area contributed by atoms with Gasteiger partial charge in [-0.05, 0) is 25.2 Å². The molecule has 2 fully saturated rings. The van der Waals surface area contributed by atoms with Crippen LogP contribution in [0, 0.1) is 5.92 Å². The molecule has 0 aromatic carbocycles. The van der Waals surface area contributed by atoms with E-state index in [1.165, 1.54) is 6.08 Å². The molecule has 3 nitrogen and oxygen atoms in total. The van der Waals surface area contributed by atoms with Crippen molar-refractivity contribution >= 4 is 5.97 Å². The lowest BCUT2D eigenvalue weighted by Gasteiger charge is -2.17. The number of esters is 1. The van der Waals surface area contributed by atoms with E-state index in [1.807, 2.05) is 0 Å². The van der Waals surface area contributed by atoms with Crippen LogP contribution < -0.4 is 0 Å². The summed E-state index contributed by atoms with van der Waals surface area (Å²) in [5, 5.41) is 0. The number of carbonyl (C=O) groups is 1. The van der Waals surface area contributed by atoms with Gasteiger partial charge in [0.15, 0.2) is 0 Å². The number of hydrogen-bond donors (Lipinski definition) is 0. The van der Waals surface area contributed by atoms with Crippen LogP contribution in [0.2, 0.25) is 0 Å². The highest BCUT2D eigenvalue weighted by molar-refractivity contribution is 5.81. The number of fused-ring (bicyclic) bond motifs is 1. The van der Waals surface area contributed by atoms with Gasteiger partial charge < -0.3 is 9.47 Å². The van der Waals surface area contributed by atoms with E-state index in [4.69, 9.17) is 9.47 Å². The summed E-state index contributed by atoms with van der Waals surface area (Å²) in [5.74, 6) is 0.173. The highest BCUT2D eigenvalue weighted by atomic mass is 16.6. The first-order valence-electron chi connectivity index (χ1n) is 4.74. The van der Waals surface area contributed by atoms with Gasteiger partial charge in [0.05, 0.1) is 18.8 Å². The number of ether oxygens (including phenoxy) is 2. The maximum atomic E-state index is 10.8. The van der Waals surface area contributed by atoms with E-state index in [2.05, 4.69) is 6.58 Å². The van der Waals surface area contributed by atoms with Gasteiger partial charge in [0, 0.05) is 6.08 Å². The molecule has 2 unspecified atom stereocenters. The minimum Gasteiger partial charge on any atom is -0.462 e. The Morgan fingerprint density at radius 2 is 2.38 bits per heavy atom. The minimum atomic E-state index is -0.321. The first kappa shape index (κ1) is 8.75. The second-order valence-corrected chi connectivity index (χ2v) is 3.73. The number of carbonyl (C=O) groups excluding carboxylic acids is 1. The van der Waals surface area contributed by atoms with Gasteiger partial charge >= 0.3 is 5.97 Å². The molecule has 0 aromatic heterocycles. The van der Waals surface area contributed by atoms with E-state index in [1.54, 1.807) is 0 Å².